The van der Waals surface area contributed by atoms with E-state index >= 15 is 0 Å². The average molecular weight is 303 g/mol. The van der Waals surface area contributed by atoms with E-state index in [9.17, 15) is 8.42 Å². The molecule has 0 bridgehead atoms. The molecule has 0 amide bonds. The molecule has 1 fully saturated rings. The van der Waals surface area contributed by atoms with Crippen LogP contribution in [0.3, 0.4) is 0 Å². The van der Waals surface area contributed by atoms with Gasteiger partial charge in [0.2, 0.25) is 10.0 Å². The van der Waals surface area contributed by atoms with E-state index in [-0.39, 0.29) is 11.7 Å². The zero-order chi connectivity index (χ0) is 13.9. The van der Waals surface area contributed by atoms with Crippen LogP contribution in [0, 0.1) is 12.8 Å². The number of hydrogen-bond donors (Lipinski definition) is 2. The molecule has 1 saturated heterocycles. The minimum atomic E-state index is -3.33. The predicted molar refractivity (Wildman–Crippen MR) is 79.2 cm³/mol. The van der Waals surface area contributed by atoms with Crippen LogP contribution >= 0.6 is 11.6 Å². The molecule has 1 aromatic rings. The molecule has 1 aromatic carbocycles. The third-order valence-corrected chi connectivity index (χ3v) is 5.06. The van der Waals surface area contributed by atoms with Gasteiger partial charge in [0.25, 0.3) is 0 Å². The maximum absolute atomic E-state index is 12.1. The molecule has 1 aliphatic heterocycles. The second-order valence-corrected chi connectivity index (χ2v) is 7.23. The second-order valence-electron chi connectivity index (χ2n) is 5.06. The van der Waals surface area contributed by atoms with E-state index in [4.69, 9.17) is 11.6 Å². The van der Waals surface area contributed by atoms with Gasteiger partial charge in [0.15, 0.2) is 0 Å². The van der Waals surface area contributed by atoms with Crippen LogP contribution in [0.25, 0.3) is 0 Å². The molecule has 0 radical (unpaired) electrons. The first-order chi connectivity index (χ1) is 8.96. The average Bonchev–Trinajstić information content (AvgIpc) is 2.33. The summed E-state index contributed by atoms with van der Waals surface area (Å²) in [5.41, 5.74) is 1.47. The zero-order valence-electron chi connectivity index (χ0n) is 10.9. The highest BCUT2D eigenvalue weighted by molar-refractivity contribution is 7.92. The molecular formula is C13H19ClN2O2S. The van der Waals surface area contributed by atoms with Crippen molar-refractivity contribution in [3.63, 3.8) is 0 Å². The first-order valence-corrected chi connectivity index (χ1v) is 8.47. The smallest absolute Gasteiger partial charge is 0.233 e. The highest BCUT2D eigenvalue weighted by Crippen LogP contribution is 2.24. The third-order valence-electron chi connectivity index (χ3n) is 3.30. The van der Waals surface area contributed by atoms with E-state index in [0.29, 0.717) is 10.7 Å². The van der Waals surface area contributed by atoms with Gasteiger partial charge in [0.1, 0.15) is 0 Å². The third kappa shape index (κ3) is 4.37. The summed E-state index contributed by atoms with van der Waals surface area (Å²) in [6, 6.07) is 5.30. The van der Waals surface area contributed by atoms with Gasteiger partial charge < -0.3 is 5.32 Å². The lowest BCUT2D eigenvalue weighted by Crippen LogP contribution is -2.33. The molecule has 0 spiro atoms. The monoisotopic (exact) mass is 302 g/mol. The molecule has 0 aromatic heterocycles. The minimum absolute atomic E-state index is 0.166. The molecule has 2 N–H and O–H groups in total. The summed E-state index contributed by atoms with van der Waals surface area (Å²) in [5.74, 6) is 0.391. The van der Waals surface area contributed by atoms with Gasteiger partial charge >= 0.3 is 0 Å². The van der Waals surface area contributed by atoms with Crippen molar-refractivity contribution in [2.24, 2.45) is 5.92 Å². The van der Waals surface area contributed by atoms with Crippen LogP contribution in [0.4, 0.5) is 5.69 Å². The van der Waals surface area contributed by atoms with E-state index in [1.807, 2.05) is 13.0 Å². The van der Waals surface area contributed by atoms with Crippen molar-refractivity contribution >= 4 is 27.3 Å². The lowest BCUT2D eigenvalue weighted by atomic mass is 10.0. The zero-order valence-corrected chi connectivity index (χ0v) is 12.5. The van der Waals surface area contributed by atoms with E-state index < -0.39 is 10.0 Å². The quantitative estimate of drug-likeness (QED) is 0.898. The van der Waals surface area contributed by atoms with E-state index in [2.05, 4.69) is 10.0 Å². The number of benzene rings is 1. The second kappa shape index (κ2) is 6.11. The molecule has 0 aliphatic carbocycles. The van der Waals surface area contributed by atoms with Crippen molar-refractivity contribution in [3.05, 3.63) is 28.8 Å². The van der Waals surface area contributed by atoms with Gasteiger partial charge in [-0.05, 0) is 56.5 Å². The van der Waals surface area contributed by atoms with Crippen LogP contribution < -0.4 is 10.0 Å². The molecule has 1 aliphatic rings. The summed E-state index contributed by atoms with van der Waals surface area (Å²) < 4.78 is 26.8. The van der Waals surface area contributed by atoms with Crippen LogP contribution in [0.5, 0.6) is 0 Å². The number of anilines is 1. The van der Waals surface area contributed by atoms with Crippen LogP contribution in [-0.2, 0) is 10.0 Å². The Morgan fingerprint density at radius 1 is 1.37 bits per heavy atom. The molecule has 2 rings (SSSR count). The first kappa shape index (κ1) is 14.6. The van der Waals surface area contributed by atoms with Crippen molar-refractivity contribution in [2.75, 3.05) is 23.6 Å². The normalized spacial score (nSPS) is 17.4. The molecule has 1 heterocycles. The lowest BCUT2D eigenvalue weighted by Gasteiger charge is -2.22. The van der Waals surface area contributed by atoms with Crippen LogP contribution in [0.1, 0.15) is 18.4 Å². The van der Waals surface area contributed by atoms with E-state index in [1.165, 1.54) is 0 Å². The Labute approximate surface area is 119 Å². The van der Waals surface area contributed by atoms with Gasteiger partial charge in [-0.2, -0.15) is 0 Å². The van der Waals surface area contributed by atoms with Crippen molar-refractivity contribution in [1.29, 1.82) is 0 Å². The van der Waals surface area contributed by atoms with Gasteiger partial charge in [-0.3, -0.25) is 4.72 Å². The Kier molecular flexibility index (Phi) is 4.71. The molecule has 0 saturated carbocycles. The number of piperidine rings is 1. The summed E-state index contributed by atoms with van der Waals surface area (Å²) in [7, 11) is -3.33. The van der Waals surface area contributed by atoms with Crippen LogP contribution in [-0.4, -0.2) is 27.3 Å². The van der Waals surface area contributed by atoms with Crippen molar-refractivity contribution in [1.82, 2.24) is 5.32 Å². The van der Waals surface area contributed by atoms with Crippen molar-refractivity contribution in [3.8, 4) is 0 Å². The fraction of sp³-hybridized carbons (Fsp3) is 0.538. The van der Waals surface area contributed by atoms with Gasteiger partial charge in [0.05, 0.1) is 16.5 Å². The number of sulfonamides is 1. The summed E-state index contributed by atoms with van der Waals surface area (Å²) in [5, 5.41) is 3.67. The predicted octanol–water partition coefficient (Wildman–Crippen LogP) is 2.39. The lowest BCUT2D eigenvalue weighted by molar-refractivity contribution is 0.402. The molecule has 0 unspecified atom stereocenters. The van der Waals surface area contributed by atoms with E-state index in [1.54, 1.807) is 12.1 Å². The Balaban J connectivity index is 2.03. The van der Waals surface area contributed by atoms with Crippen molar-refractivity contribution in [2.45, 2.75) is 19.8 Å². The van der Waals surface area contributed by atoms with Gasteiger partial charge in [-0.25, -0.2) is 8.42 Å². The van der Waals surface area contributed by atoms with Gasteiger partial charge in [-0.15, -0.1) is 0 Å². The van der Waals surface area contributed by atoms with Gasteiger partial charge in [0, 0.05) is 0 Å². The summed E-state index contributed by atoms with van der Waals surface area (Å²) in [6.07, 6.45) is 1.81. The largest absolute Gasteiger partial charge is 0.317 e. The van der Waals surface area contributed by atoms with Crippen LogP contribution in [0.15, 0.2) is 18.2 Å². The van der Waals surface area contributed by atoms with Crippen molar-refractivity contribution < 1.29 is 8.42 Å². The Morgan fingerprint density at radius 3 is 2.68 bits per heavy atom. The number of aryl methyl sites for hydroxylation is 1. The first-order valence-electron chi connectivity index (χ1n) is 6.44. The molecule has 0 atom stereocenters. The number of nitrogens with one attached hydrogen (secondary N) is 2. The molecule has 19 heavy (non-hydrogen) atoms. The minimum Gasteiger partial charge on any atom is -0.317 e. The summed E-state index contributed by atoms with van der Waals surface area (Å²) in [4.78, 5) is 0. The standard InChI is InChI=1S/C13H19ClN2O2S/c1-10-2-3-13(12(14)8-10)16-19(17,18)9-11-4-6-15-7-5-11/h2-3,8,11,15-16H,4-7,9H2,1H3. The molecule has 106 valence electrons. The number of rotatable bonds is 4. The Morgan fingerprint density at radius 2 is 2.05 bits per heavy atom. The SMILES string of the molecule is Cc1ccc(NS(=O)(=O)CC2CCNCC2)c(Cl)c1. The summed E-state index contributed by atoms with van der Waals surface area (Å²) in [6.45, 7) is 3.70. The maximum atomic E-state index is 12.1. The highest BCUT2D eigenvalue weighted by atomic mass is 35.5. The number of halogens is 1. The maximum Gasteiger partial charge on any atom is 0.233 e. The molecule has 4 nitrogen and oxygen atoms in total. The Hall–Kier alpha value is -0.780. The highest BCUT2D eigenvalue weighted by Gasteiger charge is 2.21. The molecular weight excluding hydrogens is 284 g/mol. The number of hydrogen-bond acceptors (Lipinski definition) is 3. The van der Waals surface area contributed by atoms with E-state index in [0.717, 1.165) is 31.5 Å². The van der Waals surface area contributed by atoms with Crippen LogP contribution in [0.2, 0.25) is 5.02 Å². The van der Waals surface area contributed by atoms with Gasteiger partial charge in [-0.1, -0.05) is 17.7 Å². The summed E-state index contributed by atoms with van der Waals surface area (Å²) >= 11 is 6.04. The fourth-order valence-electron chi connectivity index (χ4n) is 2.27. The topological polar surface area (TPSA) is 58.2 Å². The molecule has 6 heteroatoms. The fourth-order valence-corrected chi connectivity index (χ4v) is 4.16. The Bertz CT molecular complexity index is 540.